The van der Waals surface area contributed by atoms with Crippen LogP contribution in [-0.4, -0.2) is 11.7 Å². The molecule has 0 bridgehead atoms. The minimum Gasteiger partial charge on any atom is -0.396 e. The molecule has 0 fully saturated rings. The highest BCUT2D eigenvalue weighted by atomic mass is 16.2. The van der Waals surface area contributed by atoms with Gasteiger partial charge in [0.15, 0.2) is 0 Å². The molecule has 0 amide bonds. The van der Waals surface area contributed by atoms with Crippen LogP contribution in [0.3, 0.4) is 0 Å². The fourth-order valence-electron chi connectivity index (χ4n) is 2.64. The van der Waals surface area contributed by atoms with Crippen LogP contribution in [0.15, 0.2) is 6.07 Å². The van der Waals surface area contributed by atoms with E-state index in [0.29, 0.717) is 0 Å². The fourth-order valence-corrected chi connectivity index (χ4v) is 2.64. The van der Waals surface area contributed by atoms with Crippen LogP contribution in [0.25, 0.3) is 0 Å². The molecule has 0 spiro atoms. The van der Waals surface area contributed by atoms with Gasteiger partial charge in [-0.15, -0.1) is 0 Å². The molecular weight excluding hydrogens is 210 g/mol. The summed E-state index contributed by atoms with van der Waals surface area (Å²) in [5.41, 5.74) is 12.5. The first-order valence-electron chi connectivity index (χ1n) is 6.29. The third kappa shape index (κ3) is 2.88. The first-order chi connectivity index (χ1) is 7.81. The number of aliphatic hydroxyl groups is 1. The Morgan fingerprint density at radius 3 is 2.00 bits per heavy atom. The Kier molecular flexibility index (Phi) is 4.34. The standard InChI is InChI=1S/C15H25NO/c1-10-9-11(2)13(4)14(12(10)3)15(5,16)7-6-8-17/h9,17H,6-8,16H2,1-5H3. The zero-order valence-electron chi connectivity index (χ0n) is 11.7. The summed E-state index contributed by atoms with van der Waals surface area (Å²) in [5, 5.41) is 8.97. The smallest absolute Gasteiger partial charge is 0.0431 e. The zero-order valence-corrected chi connectivity index (χ0v) is 11.7. The summed E-state index contributed by atoms with van der Waals surface area (Å²) in [4.78, 5) is 0. The summed E-state index contributed by atoms with van der Waals surface area (Å²) in [7, 11) is 0. The third-order valence-electron chi connectivity index (χ3n) is 3.79. The molecule has 1 aromatic carbocycles. The minimum atomic E-state index is -0.353. The molecule has 1 rings (SSSR count). The lowest BCUT2D eigenvalue weighted by atomic mass is 9.80. The summed E-state index contributed by atoms with van der Waals surface area (Å²) in [6, 6.07) is 2.22. The molecule has 0 saturated heterocycles. The van der Waals surface area contributed by atoms with Crippen molar-refractivity contribution in [3.63, 3.8) is 0 Å². The number of aliphatic hydroxyl groups excluding tert-OH is 1. The number of aryl methyl sites for hydroxylation is 2. The van der Waals surface area contributed by atoms with Crippen molar-refractivity contribution in [1.82, 2.24) is 0 Å². The summed E-state index contributed by atoms with van der Waals surface area (Å²) in [6.45, 7) is 10.8. The van der Waals surface area contributed by atoms with E-state index in [4.69, 9.17) is 10.8 Å². The third-order valence-corrected chi connectivity index (χ3v) is 3.79. The molecule has 0 aliphatic rings. The quantitative estimate of drug-likeness (QED) is 0.843. The first-order valence-corrected chi connectivity index (χ1v) is 6.29. The normalized spacial score (nSPS) is 14.8. The van der Waals surface area contributed by atoms with E-state index in [1.165, 1.54) is 27.8 Å². The monoisotopic (exact) mass is 235 g/mol. The molecule has 96 valence electrons. The summed E-state index contributed by atoms with van der Waals surface area (Å²) >= 11 is 0. The van der Waals surface area contributed by atoms with Gasteiger partial charge in [0.25, 0.3) is 0 Å². The van der Waals surface area contributed by atoms with E-state index in [2.05, 4.69) is 40.7 Å². The fraction of sp³-hybridized carbons (Fsp3) is 0.600. The Morgan fingerprint density at radius 1 is 1.12 bits per heavy atom. The van der Waals surface area contributed by atoms with Crippen LogP contribution < -0.4 is 5.73 Å². The maximum Gasteiger partial charge on any atom is 0.0431 e. The lowest BCUT2D eigenvalue weighted by Gasteiger charge is -2.30. The molecule has 1 aromatic rings. The Balaban J connectivity index is 3.29. The highest BCUT2D eigenvalue weighted by molar-refractivity contribution is 5.47. The maximum absolute atomic E-state index is 8.97. The lowest BCUT2D eigenvalue weighted by molar-refractivity contribution is 0.265. The van der Waals surface area contributed by atoms with E-state index in [1.807, 2.05) is 0 Å². The molecule has 17 heavy (non-hydrogen) atoms. The van der Waals surface area contributed by atoms with Crippen molar-refractivity contribution in [3.8, 4) is 0 Å². The number of nitrogens with two attached hydrogens (primary N) is 1. The van der Waals surface area contributed by atoms with Gasteiger partial charge in [0.05, 0.1) is 0 Å². The van der Waals surface area contributed by atoms with Crippen molar-refractivity contribution in [2.24, 2.45) is 5.73 Å². The molecule has 0 heterocycles. The number of rotatable bonds is 4. The van der Waals surface area contributed by atoms with Gasteiger partial charge >= 0.3 is 0 Å². The highest BCUT2D eigenvalue weighted by Gasteiger charge is 2.25. The average Bonchev–Trinajstić information content (AvgIpc) is 2.24. The second kappa shape index (κ2) is 5.19. The van der Waals surface area contributed by atoms with Crippen molar-refractivity contribution < 1.29 is 5.11 Å². The van der Waals surface area contributed by atoms with Gasteiger partial charge in [-0.3, -0.25) is 0 Å². The van der Waals surface area contributed by atoms with E-state index in [1.54, 1.807) is 0 Å². The molecule has 1 atom stereocenters. The number of hydrogen-bond acceptors (Lipinski definition) is 2. The van der Waals surface area contributed by atoms with Crippen LogP contribution in [0.2, 0.25) is 0 Å². The maximum atomic E-state index is 8.97. The molecule has 1 unspecified atom stereocenters. The Hall–Kier alpha value is -0.860. The predicted octanol–water partition coefficient (Wildman–Crippen LogP) is 2.87. The summed E-state index contributed by atoms with van der Waals surface area (Å²) < 4.78 is 0. The van der Waals surface area contributed by atoms with Crippen LogP contribution in [0, 0.1) is 27.7 Å². The molecule has 3 N–H and O–H groups in total. The van der Waals surface area contributed by atoms with Gasteiger partial charge in [0.1, 0.15) is 0 Å². The molecule has 0 aliphatic heterocycles. The Bertz CT molecular complexity index is 382. The van der Waals surface area contributed by atoms with Gasteiger partial charge in [-0.2, -0.15) is 0 Å². The predicted molar refractivity (Wildman–Crippen MR) is 73.2 cm³/mol. The van der Waals surface area contributed by atoms with Gasteiger partial charge in [-0.05, 0) is 75.3 Å². The molecule has 0 radical (unpaired) electrons. The first kappa shape index (κ1) is 14.2. The molecule has 0 aliphatic carbocycles. The Labute approximate surface area is 105 Å². The SMILES string of the molecule is Cc1cc(C)c(C)c(C(C)(N)CCCO)c1C. The van der Waals surface area contributed by atoms with Crippen LogP contribution in [0.1, 0.15) is 47.6 Å². The number of benzene rings is 1. The van der Waals surface area contributed by atoms with Gasteiger partial charge in [-0.1, -0.05) is 6.07 Å². The van der Waals surface area contributed by atoms with Crippen molar-refractivity contribution in [1.29, 1.82) is 0 Å². The topological polar surface area (TPSA) is 46.2 Å². The van der Waals surface area contributed by atoms with Gasteiger partial charge in [-0.25, -0.2) is 0 Å². The molecule has 0 saturated carbocycles. The van der Waals surface area contributed by atoms with E-state index in [-0.39, 0.29) is 12.1 Å². The van der Waals surface area contributed by atoms with E-state index in [9.17, 15) is 0 Å². The summed E-state index contributed by atoms with van der Waals surface area (Å²) in [5.74, 6) is 0. The van der Waals surface area contributed by atoms with Gasteiger partial charge < -0.3 is 10.8 Å². The van der Waals surface area contributed by atoms with E-state index < -0.39 is 0 Å². The van der Waals surface area contributed by atoms with Crippen LogP contribution in [0.4, 0.5) is 0 Å². The lowest BCUT2D eigenvalue weighted by Crippen LogP contribution is -2.35. The summed E-state index contributed by atoms with van der Waals surface area (Å²) in [6.07, 6.45) is 1.56. The second-order valence-corrected chi connectivity index (χ2v) is 5.38. The van der Waals surface area contributed by atoms with Crippen molar-refractivity contribution in [3.05, 3.63) is 33.9 Å². The zero-order chi connectivity index (χ0) is 13.2. The molecular formula is C15H25NO. The van der Waals surface area contributed by atoms with Crippen LogP contribution in [-0.2, 0) is 5.54 Å². The molecule has 2 nitrogen and oxygen atoms in total. The molecule has 0 aromatic heterocycles. The van der Waals surface area contributed by atoms with E-state index in [0.717, 1.165) is 12.8 Å². The van der Waals surface area contributed by atoms with Crippen LogP contribution >= 0.6 is 0 Å². The largest absolute Gasteiger partial charge is 0.396 e. The second-order valence-electron chi connectivity index (χ2n) is 5.38. The number of hydrogen-bond donors (Lipinski definition) is 2. The molecule has 2 heteroatoms. The highest BCUT2D eigenvalue weighted by Crippen LogP contribution is 2.32. The van der Waals surface area contributed by atoms with Gasteiger partial charge in [0.2, 0.25) is 0 Å². The van der Waals surface area contributed by atoms with Crippen molar-refractivity contribution >= 4 is 0 Å². The van der Waals surface area contributed by atoms with Crippen molar-refractivity contribution in [2.75, 3.05) is 6.61 Å². The van der Waals surface area contributed by atoms with Crippen LogP contribution in [0.5, 0.6) is 0 Å². The van der Waals surface area contributed by atoms with E-state index >= 15 is 0 Å². The minimum absolute atomic E-state index is 0.204. The Morgan fingerprint density at radius 2 is 1.59 bits per heavy atom. The van der Waals surface area contributed by atoms with Gasteiger partial charge in [0, 0.05) is 12.1 Å². The average molecular weight is 235 g/mol. The van der Waals surface area contributed by atoms with Crippen molar-refractivity contribution in [2.45, 2.75) is 53.0 Å².